The first-order chi connectivity index (χ1) is 16.5. The molecule has 0 amide bonds. The number of hydrogen-bond donors (Lipinski definition) is 1. The summed E-state index contributed by atoms with van der Waals surface area (Å²) in [5, 5.41) is 8.57. The van der Waals surface area contributed by atoms with Gasteiger partial charge >= 0.3 is 0 Å². The number of nitrogens with zero attached hydrogens (tertiary/aromatic N) is 3. The second kappa shape index (κ2) is 11.6. The number of hydrogen-bond acceptors (Lipinski definition) is 5. The molecule has 1 aliphatic heterocycles. The average Bonchev–Trinajstić information content (AvgIpc) is 3.63. The Morgan fingerprint density at radius 3 is 2.62 bits per heavy atom. The van der Waals surface area contributed by atoms with Crippen LogP contribution in [0.3, 0.4) is 0 Å². The van der Waals surface area contributed by atoms with Crippen molar-refractivity contribution < 1.29 is 9.00 Å². The summed E-state index contributed by atoms with van der Waals surface area (Å²) in [7, 11) is 3.39. The van der Waals surface area contributed by atoms with Gasteiger partial charge in [0.2, 0.25) is 0 Å². The number of halogens is 1. The van der Waals surface area contributed by atoms with Gasteiger partial charge in [0.15, 0.2) is 0 Å². The molecule has 8 heteroatoms. The molecule has 1 aromatic carbocycles. The molecule has 6 nitrogen and oxygen atoms in total. The number of carbonyl (C=O) groups excluding carboxylic acids is 1. The normalized spacial score (nSPS) is 21.0. The molecule has 1 aromatic heterocycles. The van der Waals surface area contributed by atoms with Crippen molar-refractivity contribution >= 4 is 34.3 Å². The molecular formula is C26H33ClN4O2S. The lowest BCUT2D eigenvalue weighted by atomic mass is 10.0. The molecule has 2 aliphatic carbocycles. The van der Waals surface area contributed by atoms with Crippen molar-refractivity contribution in [3.05, 3.63) is 70.0 Å². The Morgan fingerprint density at radius 2 is 2.00 bits per heavy atom. The van der Waals surface area contributed by atoms with E-state index in [0.29, 0.717) is 16.6 Å². The lowest BCUT2D eigenvalue weighted by molar-refractivity contribution is 0.112. The molecule has 0 bridgehead atoms. The van der Waals surface area contributed by atoms with E-state index < -0.39 is 10.8 Å². The lowest BCUT2D eigenvalue weighted by Crippen LogP contribution is -2.37. The first kappa shape index (κ1) is 25.0. The Kier molecular flexibility index (Phi) is 8.53. The van der Waals surface area contributed by atoms with E-state index in [-0.39, 0.29) is 0 Å². The summed E-state index contributed by atoms with van der Waals surface area (Å²) in [6.07, 6.45) is 11.2. The van der Waals surface area contributed by atoms with Crippen molar-refractivity contribution in [1.29, 1.82) is 0 Å². The third-order valence-electron chi connectivity index (χ3n) is 6.55. The van der Waals surface area contributed by atoms with Crippen molar-refractivity contribution in [1.82, 2.24) is 20.0 Å². The van der Waals surface area contributed by atoms with E-state index in [1.54, 1.807) is 12.1 Å². The van der Waals surface area contributed by atoms with Crippen molar-refractivity contribution in [2.24, 2.45) is 7.05 Å². The highest BCUT2D eigenvalue weighted by atomic mass is 35.5. The molecule has 182 valence electrons. The molecule has 0 spiro atoms. The Hall–Kier alpha value is -2.06. The van der Waals surface area contributed by atoms with Gasteiger partial charge in [0.25, 0.3) is 0 Å². The van der Waals surface area contributed by atoms with Crippen LogP contribution >= 0.6 is 11.6 Å². The summed E-state index contributed by atoms with van der Waals surface area (Å²) >= 11 is 6.10. The average molecular weight is 501 g/mol. The third-order valence-corrected chi connectivity index (χ3v) is 8.19. The number of carbonyl (C=O) groups is 1. The van der Waals surface area contributed by atoms with Crippen LogP contribution in [0.25, 0.3) is 5.57 Å². The van der Waals surface area contributed by atoms with Gasteiger partial charge < -0.3 is 5.32 Å². The molecule has 1 N–H and O–H groups in total. The number of nitrogens with one attached hydrogen (secondary N) is 1. The zero-order chi connectivity index (χ0) is 24.1. The maximum atomic E-state index is 11.2. The number of allylic oxidation sites excluding steroid dienone is 2. The second-order valence-corrected chi connectivity index (χ2v) is 11.2. The monoisotopic (exact) mass is 500 g/mol. The second-order valence-electron chi connectivity index (χ2n) is 9.09. The summed E-state index contributed by atoms with van der Waals surface area (Å²) in [6, 6.07) is 8.02. The van der Waals surface area contributed by atoms with Gasteiger partial charge in [-0.05, 0) is 55.6 Å². The smallest absolute Gasteiger partial charge is 0.150 e. The van der Waals surface area contributed by atoms with Gasteiger partial charge in [0.1, 0.15) is 6.29 Å². The van der Waals surface area contributed by atoms with Gasteiger partial charge in [0, 0.05) is 77.2 Å². The lowest BCUT2D eigenvalue weighted by Gasteiger charge is -2.26. The number of likely N-dealkylation sites (N-methyl/N-ethyl adjacent to an activating group) is 1. The van der Waals surface area contributed by atoms with Crippen LogP contribution < -0.4 is 5.32 Å². The number of rotatable bonds is 6. The first-order valence-corrected chi connectivity index (χ1v) is 13.7. The van der Waals surface area contributed by atoms with Crippen LogP contribution in [0.4, 0.5) is 0 Å². The highest BCUT2D eigenvalue weighted by Crippen LogP contribution is 2.40. The highest BCUT2D eigenvalue weighted by Gasteiger charge is 2.27. The number of aldehydes is 1. The molecule has 2 heterocycles. The van der Waals surface area contributed by atoms with E-state index in [4.69, 9.17) is 11.6 Å². The molecule has 1 unspecified atom stereocenters. The van der Waals surface area contributed by atoms with Crippen LogP contribution in [0.1, 0.15) is 52.5 Å². The SMILES string of the molecule is CNC1C=CC(c2cc(C3CC3)n(C)n2)=CC1.O=Cc1ccc(Cl)c(CN2CCS(=O)CC2)c1. The summed E-state index contributed by atoms with van der Waals surface area (Å²) < 4.78 is 13.3. The van der Waals surface area contributed by atoms with Gasteiger partial charge in [0.05, 0.1) is 5.69 Å². The van der Waals surface area contributed by atoms with Gasteiger partial charge in [-0.15, -0.1) is 0 Å². The van der Waals surface area contributed by atoms with E-state index in [2.05, 4.69) is 46.7 Å². The van der Waals surface area contributed by atoms with E-state index in [9.17, 15) is 9.00 Å². The van der Waals surface area contributed by atoms with E-state index in [1.807, 2.05) is 17.8 Å². The fourth-order valence-electron chi connectivity index (χ4n) is 4.27. The summed E-state index contributed by atoms with van der Waals surface area (Å²) in [5.41, 5.74) is 5.39. The van der Waals surface area contributed by atoms with Crippen LogP contribution in [0.2, 0.25) is 5.02 Å². The molecule has 5 rings (SSSR count). The zero-order valence-corrected chi connectivity index (χ0v) is 21.4. The van der Waals surface area contributed by atoms with Gasteiger partial charge in [-0.1, -0.05) is 35.9 Å². The predicted molar refractivity (Wildman–Crippen MR) is 140 cm³/mol. The number of aryl methyl sites for hydroxylation is 1. The highest BCUT2D eigenvalue weighted by molar-refractivity contribution is 7.85. The van der Waals surface area contributed by atoms with Crippen molar-refractivity contribution in [3.8, 4) is 0 Å². The molecule has 1 saturated carbocycles. The minimum Gasteiger partial charge on any atom is -0.313 e. The molecule has 34 heavy (non-hydrogen) atoms. The van der Waals surface area contributed by atoms with Gasteiger partial charge in [-0.25, -0.2) is 0 Å². The molecular weight excluding hydrogens is 468 g/mol. The fourth-order valence-corrected chi connectivity index (χ4v) is 5.58. The summed E-state index contributed by atoms with van der Waals surface area (Å²) in [4.78, 5) is 12.9. The van der Waals surface area contributed by atoms with Crippen LogP contribution in [0, 0.1) is 0 Å². The summed E-state index contributed by atoms with van der Waals surface area (Å²) in [6.45, 7) is 2.38. The quantitative estimate of drug-likeness (QED) is 0.608. The molecule has 2 aromatic rings. The molecule has 1 atom stereocenters. The number of aromatic nitrogens is 2. The zero-order valence-electron chi connectivity index (χ0n) is 19.9. The van der Waals surface area contributed by atoms with Crippen molar-refractivity contribution in [2.75, 3.05) is 31.6 Å². The fraction of sp³-hybridized carbons (Fsp3) is 0.462. The minimum absolute atomic E-state index is 0.477. The number of benzene rings is 1. The Bertz CT molecular complexity index is 1100. The maximum Gasteiger partial charge on any atom is 0.150 e. The first-order valence-electron chi connectivity index (χ1n) is 11.9. The van der Waals surface area contributed by atoms with E-state index in [1.165, 1.54) is 24.1 Å². The molecule has 1 saturated heterocycles. The van der Waals surface area contributed by atoms with Gasteiger partial charge in [-0.2, -0.15) is 5.10 Å². The maximum absolute atomic E-state index is 11.2. The standard InChI is InChI=1S/C14H19N3.C12H14ClNO2S/c1-15-12-7-5-10(6-8-12)13-9-14(11-3-4-11)17(2)16-13;13-12-2-1-10(9-15)7-11(12)8-14-3-5-17(16)6-4-14/h5-7,9,11-12,15H,3-4,8H2,1-2H3;1-2,7,9H,3-6,8H2. The van der Waals surface area contributed by atoms with Crippen molar-refractivity contribution in [2.45, 2.75) is 37.8 Å². The van der Waals surface area contributed by atoms with E-state index in [0.717, 1.165) is 61.0 Å². The van der Waals surface area contributed by atoms with Crippen LogP contribution in [0.15, 0.2) is 42.5 Å². The minimum atomic E-state index is -0.661. The largest absolute Gasteiger partial charge is 0.313 e. The third kappa shape index (κ3) is 6.54. The van der Waals surface area contributed by atoms with E-state index >= 15 is 0 Å². The summed E-state index contributed by atoms with van der Waals surface area (Å²) in [5.74, 6) is 2.22. The van der Waals surface area contributed by atoms with Crippen molar-refractivity contribution in [3.63, 3.8) is 0 Å². The Balaban J connectivity index is 0.000000161. The van der Waals surface area contributed by atoms with Crippen LogP contribution in [-0.2, 0) is 24.4 Å². The molecule has 2 fully saturated rings. The molecule has 3 aliphatic rings. The topological polar surface area (TPSA) is 67.2 Å². The molecule has 0 radical (unpaired) electrons. The Morgan fingerprint density at radius 1 is 1.24 bits per heavy atom. The Labute approximate surface area is 209 Å². The van der Waals surface area contributed by atoms with Crippen LogP contribution in [-0.4, -0.2) is 62.9 Å². The predicted octanol–water partition coefficient (Wildman–Crippen LogP) is 3.95. The van der Waals surface area contributed by atoms with Crippen LogP contribution in [0.5, 0.6) is 0 Å². The van der Waals surface area contributed by atoms with Gasteiger partial charge in [-0.3, -0.25) is 18.6 Å².